The molecule has 0 spiro atoms. The lowest BCUT2D eigenvalue weighted by atomic mass is 10.2. The number of esters is 1. The van der Waals surface area contributed by atoms with Crippen molar-refractivity contribution in [3.05, 3.63) is 59.1 Å². The van der Waals surface area contributed by atoms with Crippen LogP contribution in [0.1, 0.15) is 25.1 Å². The van der Waals surface area contributed by atoms with E-state index in [9.17, 15) is 4.79 Å². The van der Waals surface area contributed by atoms with Crippen molar-refractivity contribution in [1.29, 1.82) is 0 Å². The van der Waals surface area contributed by atoms with E-state index in [2.05, 4.69) is 5.16 Å². The van der Waals surface area contributed by atoms with E-state index < -0.39 is 5.97 Å². The van der Waals surface area contributed by atoms with E-state index in [-0.39, 0.29) is 12.7 Å². The maximum atomic E-state index is 12.0. The van der Waals surface area contributed by atoms with Crippen LogP contribution in [-0.2, 0) is 16.1 Å². The largest absolute Gasteiger partial charge is 0.493 e. The first kappa shape index (κ1) is 19.7. The van der Waals surface area contributed by atoms with Gasteiger partial charge in [0.05, 0.1) is 18.1 Å². The van der Waals surface area contributed by atoms with Crippen molar-refractivity contribution >= 4 is 23.4 Å². The van der Waals surface area contributed by atoms with Gasteiger partial charge in [-0.15, -0.1) is 11.3 Å². The number of carbonyl (C=O) groups is 1. The number of methoxy groups -OCH3 is 1. The van der Waals surface area contributed by atoms with E-state index >= 15 is 0 Å². The van der Waals surface area contributed by atoms with Crippen LogP contribution in [0.25, 0.3) is 16.7 Å². The molecule has 0 atom stereocenters. The fraction of sp³-hybridized carbons (Fsp3) is 0.238. The lowest BCUT2D eigenvalue weighted by Gasteiger charge is -2.13. The summed E-state index contributed by atoms with van der Waals surface area (Å²) in [5.41, 5.74) is 1.35. The Bertz CT molecular complexity index is 944. The second kappa shape index (κ2) is 9.23. The Hall–Kier alpha value is -3.06. The lowest BCUT2D eigenvalue weighted by Crippen LogP contribution is -2.06. The molecule has 0 fully saturated rings. The fourth-order valence-corrected chi connectivity index (χ4v) is 3.08. The maximum absolute atomic E-state index is 12.0. The Balaban J connectivity index is 1.56. The molecule has 0 saturated carbocycles. The number of carbonyl (C=O) groups excluding carboxylic acids is 1. The van der Waals surface area contributed by atoms with E-state index in [0.29, 0.717) is 23.0 Å². The van der Waals surface area contributed by atoms with Crippen LogP contribution in [0.2, 0.25) is 0 Å². The van der Waals surface area contributed by atoms with Crippen molar-refractivity contribution in [3.63, 3.8) is 0 Å². The van der Waals surface area contributed by atoms with Crippen LogP contribution in [0.5, 0.6) is 11.5 Å². The van der Waals surface area contributed by atoms with Gasteiger partial charge >= 0.3 is 5.97 Å². The van der Waals surface area contributed by atoms with E-state index in [1.54, 1.807) is 36.7 Å². The molecule has 0 N–H and O–H groups in total. The Morgan fingerprint density at radius 2 is 2.11 bits per heavy atom. The molecule has 0 radical (unpaired) electrons. The minimum Gasteiger partial charge on any atom is -0.493 e. The van der Waals surface area contributed by atoms with Gasteiger partial charge in [0.25, 0.3) is 0 Å². The summed E-state index contributed by atoms with van der Waals surface area (Å²) < 4.78 is 21.5. The van der Waals surface area contributed by atoms with Crippen molar-refractivity contribution in [2.75, 3.05) is 7.11 Å². The molecule has 1 aromatic carbocycles. The molecule has 7 heteroatoms. The molecule has 2 aromatic heterocycles. The highest BCUT2D eigenvalue weighted by atomic mass is 32.1. The number of ether oxygens (including phenoxy) is 3. The van der Waals surface area contributed by atoms with Gasteiger partial charge in [-0.3, -0.25) is 0 Å². The lowest BCUT2D eigenvalue weighted by molar-refractivity contribution is -0.139. The molecule has 0 saturated heterocycles. The van der Waals surface area contributed by atoms with Crippen molar-refractivity contribution in [2.24, 2.45) is 0 Å². The molecular weight excluding hydrogens is 378 g/mol. The van der Waals surface area contributed by atoms with Crippen LogP contribution >= 0.6 is 11.3 Å². The quantitative estimate of drug-likeness (QED) is 0.394. The van der Waals surface area contributed by atoms with Crippen molar-refractivity contribution in [1.82, 2.24) is 5.16 Å². The normalized spacial score (nSPS) is 11.1. The number of aromatic nitrogens is 1. The minimum atomic E-state index is -0.470. The summed E-state index contributed by atoms with van der Waals surface area (Å²) in [6.07, 6.45) is 3.06. The fourth-order valence-electron chi connectivity index (χ4n) is 2.41. The highest BCUT2D eigenvalue weighted by molar-refractivity contribution is 7.13. The zero-order valence-corrected chi connectivity index (χ0v) is 16.7. The van der Waals surface area contributed by atoms with Crippen LogP contribution in [0, 0.1) is 0 Å². The molecule has 0 unspecified atom stereocenters. The molecule has 3 aromatic rings. The molecule has 146 valence electrons. The van der Waals surface area contributed by atoms with E-state index in [0.717, 1.165) is 10.4 Å². The first-order valence-electron chi connectivity index (χ1n) is 8.74. The summed E-state index contributed by atoms with van der Waals surface area (Å²) in [5, 5.41) is 5.88. The van der Waals surface area contributed by atoms with Gasteiger partial charge < -0.3 is 18.7 Å². The first-order valence-corrected chi connectivity index (χ1v) is 9.62. The van der Waals surface area contributed by atoms with Gasteiger partial charge in [-0.25, -0.2) is 4.79 Å². The Kier molecular flexibility index (Phi) is 6.49. The monoisotopic (exact) mass is 399 g/mol. The van der Waals surface area contributed by atoms with Gasteiger partial charge in [0.1, 0.15) is 12.3 Å². The first-order chi connectivity index (χ1) is 13.5. The maximum Gasteiger partial charge on any atom is 0.331 e. The number of hydrogen-bond acceptors (Lipinski definition) is 7. The minimum absolute atomic E-state index is 0.0436. The molecule has 0 amide bonds. The van der Waals surface area contributed by atoms with E-state index in [1.165, 1.54) is 6.08 Å². The third-order valence-electron chi connectivity index (χ3n) is 3.65. The van der Waals surface area contributed by atoms with E-state index in [1.807, 2.05) is 43.5 Å². The van der Waals surface area contributed by atoms with E-state index in [4.69, 9.17) is 18.7 Å². The predicted molar refractivity (Wildman–Crippen MR) is 107 cm³/mol. The van der Waals surface area contributed by atoms with Crippen LogP contribution < -0.4 is 9.47 Å². The number of rotatable bonds is 8. The number of benzene rings is 1. The summed E-state index contributed by atoms with van der Waals surface area (Å²) in [4.78, 5) is 12.9. The summed E-state index contributed by atoms with van der Waals surface area (Å²) in [6.45, 7) is 3.94. The number of thiophene rings is 1. The molecule has 0 aliphatic carbocycles. The molecule has 6 nitrogen and oxygen atoms in total. The van der Waals surface area contributed by atoms with Crippen LogP contribution in [0.3, 0.4) is 0 Å². The highest BCUT2D eigenvalue weighted by Crippen LogP contribution is 2.29. The number of nitrogens with zero attached hydrogens (tertiary/aromatic N) is 1. The molecule has 3 rings (SSSR count). The second-order valence-electron chi connectivity index (χ2n) is 6.18. The third kappa shape index (κ3) is 5.23. The van der Waals surface area contributed by atoms with Gasteiger partial charge in [0.2, 0.25) is 0 Å². The summed E-state index contributed by atoms with van der Waals surface area (Å²) >= 11 is 1.55. The molecule has 2 heterocycles. The predicted octanol–water partition coefficient (Wildman–Crippen LogP) is 4.96. The van der Waals surface area contributed by atoms with Crippen molar-refractivity contribution in [2.45, 2.75) is 26.6 Å². The van der Waals surface area contributed by atoms with Crippen LogP contribution in [0.4, 0.5) is 0 Å². The molecule has 0 aliphatic heterocycles. The highest BCUT2D eigenvalue weighted by Gasteiger charge is 2.10. The molecule has 0 bridgehead atoms. The summed E-state index contributed by atoms with van der Waals surface area (Å²) in [5.74, 6) is 1.45. The van der Waals surface area contributed by atoms with Gasteiger partial charge in [-0.05, 0) is 49.1 Å². The zero-order chi connectivity index (χ0) is 19.9. The van der Waals surface area contributed by atoms with Crippen molar-refractivity contribution < 1.29 is 23.5 Å². The number of hydrogen-bond donors (Lipinski definition) is 0. The Morgan fingerprint density at radius 1 is 1.25 bits per heavy atom. The average molecular weight is 399 g/mol. The van der Waals surface area contributed by atoms with Crippen LogP contribution in [-0.4, -0.2) is 24.3 Å². The summed E-state index contributed by atoms with van der Waals surface area (Å²) in [7, 11) is 1.58. The average Bonchev–Trinajstić information content (AvgIpc) is 3.36. The van der Waals surface area contributed by atoms with Gasteiger partial charge in [-0.1, -0.05) is 17.3 Å². The van der Waals surface area contributed by atoms with Crippen LogP contribution in [0.15, 0.2) is 52.4 Å². The Morgan fingerprint density at radius 3 is 2.82 bits per heavy atom. The zero-order valence-electron chi connectivity index (χ0n) is 15.9. The third-order valence-corrected chi connectivity index (χ3v) is 4.53. The standard InChI is InChI=1S/C21H21NO5S/c1-14(2)26-17-8-6-15(11-18(17)24-3)7-9-21(23)25-13-16-12-19(27-22-16)20-5-4-10-28-20/h4-12,14H,13H2,1-3H3/b9-7+. The SMILES string of the molecule is COc1cc(/C=C/C(=O)OCc2cc(-c3cccs3)on2)ccc1OC(C)C. The molecular formula is C21H21NO5S. The smallest absolute Gasteiger partial charge is 0.331 e. The van der Waals surface area contributed by atoms with Gasteiger partial charge in [-0.2, -0.15) is 0 Å². The van der Waals surface area contributed by atoms with Gasteiger partial charge in [0, 0.05) is 12.1 Å². The van der Waals surface area contributed by atoms with Gasteiger partial charge in [0.15, 0.2) is 17.3 Å². The topological polar surface area (TPSA) is 70.8 Å². The molecule has 0 aliphatic rings. The Labute approximate surface area is 167 Å². The second-order valence-corrected chi connectivity index (χ2v) is 7.13. The molecule has 28 heavy (non-hydrogen) atoms. The van der Waals surface area contributed by atoms with Crippen molar-refractivity contribution in [3.8, 4) is 22.1 Å². The summed E-state index contributed by atoms with van der Waals surface area (Å²) in [6, 6.07) is 11.1.